The van der Waals surface area contributed by atoms with Gasteiger partial charge in [-0.3, -0.25) is 0 Å². The number of benzene rings is 1. The lowest BCUT2D eigenvalue weighted by atomic mass is 10.1. The minimum Gasteiger partial charge on any atom is -0.486 e. The van der Waals surface area contributed by atoms with Crippen LogP contribution in [0.1, 0.15) is 0 Å². The van der Waals surface area contributed by atoms with Gasteiger partial charge in [0.15, 0.2) is 11.5 Å². The summed E-state index contributed by atoms with van der Waals surface area (Å²) in [6.45, 7) is 1.16. The van der Waals surface area contributed by atoms with Crippen LogP contribution in [0.5, 0.6) is 11.5 Å². The molecule has 0 aliphatic carbocycles. The molecule has 4 rings (SSSR count). The standard InChI is InChI=1S/C14H11N3O2/c1-2-11(14-13(3-1)18-6-7-19-14)12-5-4-10-8-15-9-16-17(10)12/h1-5,8-9H,6-7H2. The molecule has 0 radical (unpaired) electrons. The molecular formula is C14H11N3O2. The fourth-order valence-electron chi connectivity index (χ4n) is 2.34. The molecule has 0 bridgehead atoms. The summed E-state index contributed by atoms with van der Waals surface area (Å²) < 4.78 is 13.2. The molecule has 1 aliphatic heterocycles. The third-order valence-corrected chi connectivity index (χ3v) is 3.17. The van der Waals surface area contributed by atoms with E-state index in [-0.39, 0.29) is 0 Å². The van der Waals surface area contributed by atoms with Crippen LogP contribution in [-0.2, 0) is 0 Å². The quantitative estimate of drug-likeness (QED) is 0.667. The summed E-state index contributed by atoms with van der Waals surface area (Å²) in [5.74, 6) is 1.57. The third-order valence-electron chi connectivity index (χ3n) is 3.17. The maximum atomic E-state index is 5.75. The van der Waals surface area contributed by atoms with Gasteiger partial charge in [-0.05, 0) is 24.3 Å². The lowest BCUT2D eigenvalue weighted by Crippen LogP contribution is -2.16. The Labute approximate surface area is 109 Å². The van der Waals surface area contributed by atoms with Gasteiger partial charge in [-0.15, -0.1) is 0 Å². The zero-order valence-electron chi connectivity index (χ0n) is 10.1. The van der Waals surface area contributed by atoms with Gasteiger partial charge in [-0.1, -0.05) is 6.07 Å². The van der Waals surface area contributed by atoms with Crippen molar-refractivity contribution in [3.8, 4) is 22.8 Å². The number of para-hydroxylation sites is 1. The highest BCUT2D eigenvalue weighted by Crippen LogP contribution is 2.39. The number of ether oxygens (including phenoxy) is 2. The maximum absolute atomic E-state index is 5.75. The van der Waals surface area contributed by atoms with Crippen LogP contribution < -0.4 is 9.47 Å². The summed E-state index contributed by atoms with van der Waals surface area (Å²) in [6.07, 6.45) is 3.31. The Hall–Kier alpha value is -2.56. The van der Waals surface area contributed by atoms with Gasteiger partial charge < -0.3 is 9.47 Å². The number of fused-ring (bicyclic) bond motifs is 2. The number of nitrogens with zero attached hydrogens (tertiary/aromatic N) is 3. The number of hydrogen-bond donors (Lipinski definition) is 0. The average molecular weight is 253 g/mol. The predicted molar refractivity (Wildman–Crippen MR) is 69.4 cm³/mol. The normalized spacial score (nSPS) is 13.7. The van der Waals surface area contributed by atoms with Gasteiger partial charge in [0.05, 0.1) is 17.4 Å². The SMILES string of the molecule is c1cc2c(c(-c3ccc4cncnn34)c1)OCCO2. The molecule has 5 nitrogen and oxygen atoms in total. The molecule has 1 aliphatic rings. The minimum atomic E-state index is 0.572. The van der Waals surface area contributed by atoms with E-state index in [1.807, 2.05) is 34.8 Å². The first-order valence-corrected chi connectivity index (χ1v) is 6.10. The van der Waals surface area contributed by atoms with E-state index in [9.17, 15) is 0 Å². The number of rotatable bonds is 1. The van der Waals surface area contributed by atoms with E-state index in [1.165, 1.54) is 6.33 Å². The van der Waals surface area contributed by atoms with E-state index in [1.54, 1.807) is 6.20 Å². The Bertz CT molecular complexity index is 751. The van der Waals surface area contributed by atoms with Crippen molar-refractivity contribution < 1.29 is 9.47 Å². The lowest BCUT2D eigenvalue weighted by molar-refractivity contribution is 0.172. The highest BCUT2D eigenvalue weighted by atomic mass is 16.6. The summed E-state index contributed by atoms with van der Waals surface area (Å²) >= 11 is 0. The summed E-state index contributed by atoms with van der Waals surface area (Å²) in [5, 5.41) is 4.28. The molecule has 0 spiro atoms. The Morgan fingerprint density at radius 3 is 3.00 bits per heavy atom. The number of hydrogen-bond acceptors (Lipinski definition) is 4. The van der Waals surface area contributed by atoms with Crippen LogP contribution in [0, 0.1) is 0 Å². The molecule has 0 unspecified atom stereocenters. The van der Waals surface area contributed by atoms with Gasteiger partial charge in [-0.25, -0.2) is 9.50 Å². The first kappa shape index (κ1) is 10.4. The largest absolute Gasteiger partial charge is 0.486 e. The molecule has 0 saturated heterocycles. The molecule has 5 heteroatoms. The van der Waals surface area contributed by atoms with Gasteiger partial charge >= 0.3 is 0 Å². The summed E-state index contributed by atoms with van der Waals surface area (Å²) in [4.78, 5) is 4.02. The molecule has 2 aromatic heterocycles. The highest BCUT2D eigenvalue weighted by Gasteiger charge is 2.18. The Kier molecular flexibility index (Phi) is 2.17. The van der Waals surface area contributed by atoms with Gasteiger partial charge in [0.25, 0.3) is 0 Å². The van der Waals surface area contributed by atoms with Crippen molar-refractivity contribution in [2.24, 2.45) is 0 Å². The molecule has 19 heavy (non-hydrogen) atoms. The van der Waals surface area contributed by atoms with E-state index < -0.39 is 0 Å². The van der Waals surface area contributed by atoms with E-state index in [2.05, 4.69) is 10.1 Å². The summed E-state index contributed by atoms with van der Waals surface area (Å²) in [7, 11) is 0. The molecule has 1 aromatic carbocycles. The van der Waals surface area contributed by atoms with Gasteiger partial charge in [0.2, 0.25) is 0 Å². The number of aromatic nitrogens is 3. The van der Waals surface area contributed by atoms with Crippen molar-refractivity contribution in [2.75, 3.05) is 13.2 Å². The maximum Gasteiger partial charge on any atom is 0.170 e. The topological polar surface area (TPSA) is 48.7 Å². The molecule has 3 heterocycles. The zero-order valence-corrected chi connectivity index (χ0v) is 10.1. The molecule has 0 N–H and O–H groups in total. The smallest absolute Gasteiger partial charge is 0.170 e. The molecule has 0 saturated carbocycles. The van der Waals surface area contributed by atoms with Gasteiger partial charge in [0.1, 0.15) is 19.5 Å². The predicted octanol–water partition coefficient (Wildman–Crippen LogP) is 2.17. The van der Waals surface area contributed by atoms with E-state index >= 15 is 0 Å². The van der Waals surface area contributed by atoms with Gasteiger partial charge in [0, 0.05) is 5.56 Å². The first-order chi connectivity index (χ1) is 9.43. The van der Waals surface area contributed by atoms with Crippen LogP contribution in [0.2, 0.25) is 0 Å². The van der Waals surface area contributed by atoms with E-state index in [0.29, 0.717) is 13.2 Å². The van der Waals surface area contributed by atoms with Crippen molar-refractivity contribution in [3.63, 3.8) is 0 Å². The Morgan fingerprint density at radius 2 is 2.00 bits per heavy atom. The molecular weight excluding hydrogens is 242 g/mol. The van der Waals surface area contributed by atoms with Crippen molar-refractivity contribution in [1.29, 1.82) is 0 Å². The third kappa shape index (κ3) is 1.55. The van der Waals surface area contributed by atoms with E-state index in [0.717, 1.165) is 28.3 Å². The summed E-state index contributed by atoms with van der Waals surface area (Å²) in [5.41, 5.74) is 2.91. The Morgan fingerprint density at radius 1 is 1.05 bits per heavy atom. The molecule has 0 fully saturated rings. The van der Waals surface area contributed by atoms with E-state index in [4.69, 9.17) is 9.47 Å². The van der Waals surface area contributed by atoms with Crippen molar-refractivity contribution in [1.82, 2.24) is 14.6 Å². The van der Waals surface area contributed by atoms with Crippen molar-refractivity contribution in [3.05, 3.63) is 42.9 Å². The van der Waals surface area contributed by atoms with Crippen LogP contribution in [-0.4, -0.2) is 27.8 Å². The molecule has 0 atom stereocenters. The second kappa shape index (κ2) is 3.98. The zero-order chi connectivity index (χ0) is 12.7. The molecule has 0 amide bonds. The highest BCUT2D eigenvalue weighted by molar-refractivity contribution is 5.74. The van der Waals surface area contributed by atoms with Crippen molar-refractivity contribution >= 4 is 5.52 Å². The van der Waals surface area contributed by atoms with Crippen LogP contribution in [0.3, 0.4) is 0 Å². The second-order valence-corrected chi connectivity index (χ2v) is 4.29. The monoisotopic (exact) mass is 253 g/mol. The second-order valence-electron chi connectivity index (χ2n) is 4.29. The van der Waals surface area contributed by atoms with Crippen LogP contribution >= 0.6 is 0 Å². The van der Waals surface area contributed by atoms with Gasteiger partial charge in [-0.2, -0.15) is 5.10 Å². The average Bonchev–Trinajstić information content (AvgIpc) is 2.90. The Balaban J connectivity index is 1.97. The molecule has 94 valence electrons. The van der Waals surface area contributed by atoms with Crippen LogP contribution in [0.25, 0.3) is 16.8 Å². The fraction of sp³-hybridized carbons (Fsp3) is 0.143. The molecule has 3 aromatic rings. The fourth-order valence-corrected chi connectivity index (χ4v) is 2.34. The minimum absolute atomic E-state index is 0.572. The summed E-state index contributed by atoms with van der Waals surface area (Å²) in [6, 6.07) is 9.89. The van der Waals surface area contributed by atoms with Crippen LogP contribution in [0.15, 0.2) is 42.9 Å². The first-order valence-electron chi connectivity index (χ1n) is 6.10. The van der Waals surface area contributed by atoms with Crippen LogP contribution in [0.4, 0.5) is 0 Å². The lowest BCUT2D eigenvalue weighted by Gasteiger charge is -2.20. The van der Waals surface area contributed by atoms with Crippen molar-refractivity contribution in [2.45, 2.75) is 0 Å².